The lowest BCUT2D eigenvalue weighted by Crippen LogP contribution is -2.41. The third kappa shape index (κ3) is 2.53. The number of fused-ring (bicyclic) bond motifs is 1. The minimum absolute atomic E-state index is 0.0456. The predicted octanol–water partition coefficient (Wildman–Crippen LogP) is 2.66. The first kappa shape index (κ1) is 16.9. The minimum Gasteiger partial charge on any atom is -0.390 e. The zero-order chi connectivity index (χ0) is 18.5. The van der Waals surface area contributed by atoms with Crippen molar-refractivity contribution in [3.05, 3.63) is 59.3 Å². The molecule has 26 heavy (non-hydrogen) atoms. The SMILES string of the molecule is CC(C)(O)C(C1CC1)C1NC(=O)c2c1cccc2C1(C#N)C=CC=CN1. The molecule has 1 fully saturated rings. The number of allylic oxidation sites excluding steroid dienone is 2. The maximum Gasteiger partial charge on any atom is 0.252 e. The summed E-state index contributed by atoms with van der Waals surface area (Å²) in [6, 6.07) is 7.74. The van der Waals surface area contributed by atoms with E-state index in [0.717, 1.165) is 18.4 Å². The summed E-state index contributed by atoms with van der Waals surface area (Å²) in [5.41, 5.74) is 0.140. The van der Waals surface area contributed by atoms with Crippen LogP contribution in [0.4, 0.5) is 0 Å². The molecule has 134 valence electrons. The summed E-state index contributed by atoms with van der Waals surface area (Å²) in [7, 11) is 0. The second-order valence-electron chi connectivity index (χ2n) is 8.02. The second kappa shape index (κ2) is 5.72. The van der Waals surface area contributed by atoms with E-state index in [-0.39, 0.29) is 17.9 Å². The van der Waals surface area contributed by atoms with Crippen LogP contribution in [0.15, 0.2) is 42.6 Å². The van der Waals surface area contributed by atoms with Gasteiger partial charge in [-0.2, -0.15) is 5.26 Å². The molecule has 3 aliphatic rings. The fourth-order valence-corrected chi connectivity index (χ4v) is 4.48. The number of hydrogen-bond acceptors (Lipinski definition) is 4. The smallest absolute Gasteiger partial charge is 0.252 e. The Hall–Kier alpha value is -2.58. The topological polar surface area (TPSA) is 85.2 Å². The third-order valence-electron chi connectivity index (χ3n) is 5.72. The number of dihydropyridines is 1. The Labute approximate surface area is 153 Å². The van der Waals surface area contributed by atoms with Crippen LogP contribution in [0.5, 0.6) is 0 Å². The predicted molar refractivity (Wildman–Crippen MR) is 97.9 cm³/mol. The van der Waals surface area contributed by atoms with Crippen molar-refractivity contribution >= 4 is 5.91 Å². The summed E-state index contributed by atoms with van der Waals surface area (Å²) in [4.78, 5) is 12.9. The summed E-state index contributed by atoms with van der Waals surface area (Å²) in [6.07, 6.45) is 9.28. The number of nitrogens with zero attached hydrogens (tertiary/aromatic N) is 1. The van der Waals surface area contributed by atoms with Crippen molar-refractivity contribution in [2.45, 2.75) is 43.9 Å². The molecule has 0 spiro atoms. The Bertz CT molecular complexity index is 855. The normalized spacial score (nSPS) is 28.1. The van der Waals surface area contributed by atoms with E-state index in [1.165, 1.54) is 0 Å². The zero-order valence-electron chi connectivity index (χ0n) is 15.0. The Morgan fingerprint density at radius 3 is 2.69 bits per heavy atom. The number of rotatable bonds is 4. The number of aliphatic hydroxyl groups is 1. The third-order valence-corrected chi connectivity index (χ3v) is 5.72. The molecule has 4 rings (SSSR count). The average Bonchev–Trinajstić information content (AvgIpc) is 3.39. The van der Waals surface area contributed by atoms with Crippen LogP contribution in [0, 0.1) is 23.2 Å². The van der Waals surface area contributed by atoms with Gasteiger partial charge in [-0.15, -0.1) is 0 Å². The van der Waals surface area contributed by atoms with Crippen molar-refractivity contribution in [2.75, 3.05) is 0 Å². The second-order valence-corrected chi connectivity index (χ2v) is 8.02. The fraction of sp³-hybridized carbons (Fsp3) is 0.429. The molecule has 2 heterocycles. The lowest BCUT2D eigenvalue weighted by molar-refractivity contribution is -0.00918. The van der Waals surface area contributed by atoms with E-state index in [1.54, 1.807) is 12.3 Å². The number of nitrogens with one attached hydrogen (secondary N) is 2. The maximum absolute atomic E-state index is 12.9. The van der Waals surface area contributed by atoms with Crippen LogP contribution in [0.1, 0.15) is 54.2 Å². The van der Waals surface area contributed by atoms with Crippen LogP contribution in [0.25, 0.3) is 0 Å². The van der Waals surface area contributed by atoms with Crippen LogP contribution in [0.2, 0.25) is 0 Å². The van der Waals surface area contributed by atoms with Crippen molar-refractivity contribution in [1.82, 2.24) is 10.6 Å². The largest absolute Gasteiger partial charge is 0.390 e. The summed E-state index contributed by atoms with van der Waals surface area (Å²) >= 11 is 0. The van der Waals surface area contributed by atoms with Crippen molar-refractivity contribution in [1.29, 1.82) is 5.26 Å². The first-order chi connectivity index (χ1) is 12.4. The quantitative estimate of drug-likeness (QED) is 0.780. The summed E-state index contributed by atoms with van der Waals surface area (Å²) in [5, 5.41) is 26.8. The van der Waals surface area contributed by atoms with E-state index >= 15 is 0 Å². The monoisotopic (exact) mass is 349 g/mol. The molecule has 1 aromatic carbocycles. The molecular formula is C21H23N3O2. The Balaban J connectivity index is 1.83. The molecule has 1 aliphatic carbocycles. The molecule has 2 aliphatic heterocycles. The van der Waals surface area contributed by atoms with Crippen LogP contribution in [-0.4, -0.2) is 16.6 Å². The van der Waals surface area contributed by atoms with E-state index < -0.39 is 11.1 Å². The van der Waals surface area contributed by atoms with Gasteiger partial charge in [-0.25, -0.2) is 0 Å². The van der Waals surface area contributed by atoms with Crippen LogP contribution < -0.4 is 10.6 Å². The molecule has 0 aromatic heterocycles. The summed E-state index contributed by atoms with van der Waals surface area (Å²) in [6.45, 7) is 3.63. The molecule has 0 saturated heterocycles. The highest BCUT2D eigenvalue weighted by molar-refractivity contribution is 6.01. The lowest BCUT2D eigenvalue weighted by Gasteiger charge is -2.35. The average molecular weight is 349 g/mol. The van der Waals surface area contributed by atoms with Gasteiger partial charge in [0.1, 0.15) is 6.07 Å². The number of nitriles is 1. The van der Waals surface area contributed by atoms with Crippen molar-refractivity contribution in [3.63, 3.8) is 0 Å². The van der Waals surface area contributed by atoms with Gasteiger partial charge in [-0.3, -0.25) is 4.79 Å². The number of hydrogen-bond donors (Lipinski definition) is 3. The van der Waals surface area contributed by atoms with Gasteiger partial charge < -0.3 is 15.7 Å². The first-order valence-electron chi connectivity index (χ1n) is 9.07. The number of amides is 1. The molecule has 1 aromatic rings. The molecule has 3 unspecified atom stereocenters. The molecule has 5 nitrogen and oxygen atoms in total. The summed E-state index contributed by atoms with van der Waals surface area (Å²) < 4.78 is 0. The zero-order valence-corrected chi connectivity index (χ0v) is 15.0. The molecule has 3 N–H and O–H groups in total. The van der Waals surface area contributed by atoms with E-state index in [0.29, 0.717) is 17.0 Å². The van der Waals surface area contributed by atoms with Gasteiger partial charge in [0.05, 0.1) is 17.2 Å². The van der Waals surface area contributed by atoms with E-state index in [1.807, 2.05) is 44.2 Å². The van der Waals surface area contributed by atoms with Gasteiger partial charge in [0.2, 0.25) is 0 Å². The molecule has 5 heteroatoms. The maximum atomic E-state index is 12.9. The molecule has 0 radical (unpaired) electrons. The number of carbonyl (C=O) groups is 1. The highest BCUT2D eigenvalue weighted by atomic mass is 16.3. The molecule has 3 atom stereocenters. The van der Waals surface area contributed by atoms with E-state index in [2.05, 4.69) is 16.7 Å². The van der Waals surface area contributed by atoms with Gasteiger partial charge in [0, 0.05) is 11.5 Å². The van der Waals surface area contributed by atoms with Gasteiger partial charge in [0.25, 0.3) is 5.91 Å². The van der Waals surface area contributed by atoms with Crippen molar-refractivity contribution < 1.29 is 9.90 Å². The van der Waals surface area contributed by atoms with E-state index in [4.69, 9.17) is 0 Å². The van der Waals surface area contributed by atoms with Crippen molar-refractivity contribution in [3.8, 4) is 6.07 Å². The van der Waals surface area contributed by atoms with Gasteiger partial charge in [-0.05, 0) is 56.5 Å². The fourth-order valence-electron chi connectivity index (χ4n) is 4.48. The molecular weight excluding hydrogens is 326 g/mol. The Morgan fingerprint density at radius 1 is 1.35 bits per heavy atom. The standard InChI is InChI=1S/C21H23N3O2/c1-20(2,26)17(13-8-9-13)18-14-6-5-7-15(16(14)19(25)24-18)21(12-22)10-3-4-11-23-21/h3-7,10-11,13,17-18,23,26H,8-9H2,1-2H3,(H,24,25). The van der Waals surface area contributed by atoms with Crippen molar-refractivity contribution in [2.24, 2.45) is 11.8 Å². The van der Waals surface area contributed by atoms with Crippen LogP contribution in [0.3, 0.4) is 0 Å². The van der Waals surface area contributed by atoms with Crippen LogP contribution >= 0.6 is 0 Å². The first-order valence-corrected chi connectivity index (χ1v) is 9.07. The van der Waals surface area contributed by atoms with E-state index in [9.17, 15) is 15.2 Å². The molecule has 1 saturated carbocycles. The number of benzene rings is 1. The van der Waals surface area contributed by atoms with Gasteiger partial charge >= 0.3 is 0 Å². The Kier molecular flexibility index (Phi) is 3.71. The highest BCUT2D eigenvalue weighted by Crippen LogP contribution is 2.50. The van der Waals surface area contributed by atoms with Gasteiger partial charge in [-0.1, -0.05) is 24.3 Å². The lowest BCUT2D eigenvalue weighted by atomic mass is 9.77. The summed E-state index contributed by atoms with van der Waals surface area (Å²) in [5.74, 6) is 0.195. The molecule has 0 bridgehead atoms. The molecule has 1 amide bonds. The van der Waals surface area contributed by atoms with Gasteiger partial charge in [0.15, 0.2) is 5.54 Å². The highest BCUT2D eigenvalue weighted by Gasteiger charge is 2.50. The number of carbonyl (C=O) groups excluding carboxylic acids is 1. The minimum atomic E-state index is -1.06. The Morgan fingerprint density at radius 2 is 2.12 bits per heavy atom. The van der Waals surface area contributed by atoms with Crippen LogP contribution in [-0.2, 0) is 5.54 Å².